The van der Waals surface area contributed by atoms with Crippen LogP contribution in [0.25, 0.3) is 0 Å². The molecule has 15 heteroatoms. The number of ether oxygens (including phenoxy) is 5. The van der Waals surface area contributed by atoms with E-state index in [9.17, 15) is 39.3 Å². The van der Waals surface area contributed by atoms with Gasteiger partial charge in [0, 0.05) is 37.2 Å². The summed E-state index contributed by atoms with van der Waals surface area (Å²) in [5.41, 5.74) is -6.97. The zero-order valence-electron chi connectivity index (χ0n) is 42.3. The Balaban J connectivity index is 1.33. The van der Waals surface area contributed by atoms with E-state index in [1.165, 1.54) is 38.8 Å². The lowest BCUT2D eigenvalue weighted by Crippen LogP contribution is -2.82. The maximum atomic E-state index is 16.0. The Hall–Kier alpha value is -5.74. The Kier molecular flexibility index (Phi) is 16.9. The maximum absolute atomic E-state index is 16.0. The zero-order chi connectivity index (χ0) is 52.0. The molecule has 4 N–H and O–H groups in total. The molecule has 4 aliphatic rings. The molecule has 0 spiro atoms. The van der Waals surface area contributed by atoms with Gasteiger partial charge in [0.05, 0.1) is 35.6 Å². The molecule has 1 heterocycles. The van der Waals surface area contributed by atoms with Crippen molar-refractivity contribution in [1.29, 1.82) is 0 Å². The largest absolute Gasteiger partial charge is 0.456 e. The number of unbranched alkanes of at least 4 members (excludes halogenated alkanes) is 8. The van der Waals surface area contributed by atoms with Crippen LogP contribution in [-0.4, -0.2) is 105 Å². The van der Waals surface area contributed by atoms with Gasteiger partial charge in [-0.2, -0.15) is 0 Å². The number of aliphatic hydroxyl groups excluding tert-OH is 2. The van der Waals surface area contributed by atoms with Crippen LogP contribution in [0.2, 0.25) is 0 Å². The summed E-state index contributed by atoms with van der Waals surface area (Å²) in [4.78, 5) is 86.0. The van der Waals surface area contributed by atoms with Gasteiger partial charge in [0.15, 0.2) is 23.6 Å². The van der Waals surface area contributed by atoms with Crippen molar-refractivity contribution in [2.45, 2.75) is 172 Å². The number of hydrogen-bond donors (Lipinski definition) is 4. The Labute approximate surface area is 422 Å². The first-order valence-electron chi connectivity index (χ1n) is 25.5. The van der Waals surface area contributed by atoms with Crippen LogP contribution in [0, 0.1) is 16.7 Å². The summed E-state index contributed by atoms with van der Waals surface area (Å²) in [5.74, 6) is -6.59. The Morgan fingerprint density at radius 2 is 1.36 bits per heavy atom. The molecule has 3 fully saturated rings. The van der Waals surface area contributed by atoms with Crippen LogP contribution in [0.3, 0.4) is 0 Å². The van der Waals surface area contributed by atoms with E-state index >= 15 is 4.79 Å². The second kappa shape index (κ2) is 22.6. The molecule has 7 rings (SSSR count). The minimum atomic E-state index is -2.40. The van der Waals surface area contributed by atoms with Gasteiger partial charge in [-0.05, 0) is 61.2 Å². The predicted molar refractivity (Wildman–Crippen MR) is 264 cm³/mol. The average Bonchev–Trinajstić information content (AvgIpc) is 3.36. The summed E-state index contributed by atoms with van der Waals surface area (Å²) in [5, 5.41) is 41.0. The Morgan fingerprint density at radius 1 is 0.792 bits per heavy atom. The number of benzene rings is 3. The van der Waals surface area contributed by atoms with Gasteiger partial charge in [-0.25, -0.2) is 9.59 Å². The topological polar surface area (TPSA) is 221 Å². The quantitative estimate of drug-likeness (QED) is 0.0370. The van der Waals surface area contributed by atoms with E-state index in [1.807, 2.05) is 0 Å². The third-order valence-corrected chi connectivity index (χ3v) is 15.9. The summed E-state index contributed by atoms with van der Waals surface area (Å²) in [6.07, 6.45) is -1.67. The molecule has 388 valence electrons. The lowest BCUT2D eigenvalue weighted by Gasteiger charge is -2.67. The van der Waals surface area contributed by atoms with Crippen LogP contribution in [0.5, 0.6) is 0 Å². The minimum absolute atomic E-state index is 0.0344. The number of hydrogen-bond acceptors (Lipinski definition) is 14. The van der Waals surface area contributed by atoms with Gasteiger partial charge in [0.1, 0.15) is 23.9 Å². The van der Waals surface area contributed by atoms with Crippen molar-refractivity contribution in [3.63, 3.8) is 0 Å². The Bertz CT molecular complexity index is 2460. The number of fused-ring (bicyclic) bond motifs is 5. The van der Waals surface area contributed by atoms with Crippen LogP contribution in [0.1, 0.15) is 151 Å². The van der Waals surface area contributed by atoms with E-state index in [1.54, 1.807) is 99.6 Å². The number of nitrogens with one attached hydrogen (secondary N) is 1. The lowest BCUT2D eigenvalue weighted by molar-refractivity contribution is -0.346. The lowest BCUT2D eigenvalue weighted by atomic mass is 9.44. The molecule has 1 aliphatic heterocycles. The fourth-order valence-electron chi connectivity index (χ4n) is 11.8. The van der Waals surface area contributed by atoms with Crippen LogP contribution in [-0.2, 0) is 42.9 Å². The smallest absolute Gasteiger partial charge is 0.338 e. The monoisotopic (exact) mass is 993 g/mol. The number of esters is 4. The van der Waals surface area contributed by atoms with Gasteiger partial charge < -0.3 is 44.3 Å². The van der Waals surface area contributed by atoms with Gasteiger partial charge in [0.25, 0.3) is 5.91 Å². The van der Waals surface area contributed by atoms with E-state index in [2.05, 4.69) is 12.2 Å². The summed E-state index contributed by atoms with van der Waals surface area (Å²) >= 11 is 0. The van der Waals surface area contributed by atoms with Crippen LogP contribution >= 0.6 is 0 Å². The highest BCUT2D eigenvalue weighted by atomic mass is 16.6. The number of carbonyl (C=O) groups is 6. The zero-order valence-corrected chi connectivity index (χ0v) is 42.3. The number of Topliss-reactive ketones (excluding diaryl/α,β-unsaturated/α-hetero) is 1. The van der Waals surface area contributed by atoms with Gasteiger partial charge in [0.2, 0.25) is 0 Å². The molecule has 1 amide bonds. The first-order valence-corrected chi connectivity index (χ1v) is 25.5. The van der Waals surface area contributed by atoms with Crippen molar-refractivity contribution in [2.75, 3.05) is 6.61 Å². The van der Waals surface area contributed by atoms with Gasteiger partial charge in [-0.1, -0.05) is 139 Å². The molecule has 2 saturated carbocycles. The van der Waals surface area contributed by atoms with Crippen molar-refractivity contribution < 1.29 is 67.8 Å². The molecule has 15 nitrogen and oxygen atoms in total. The standard InChI is InChI=1S/C57H71NO14/c1-7-8-9-10-11-12-13-14-24-31-43(61)70-47-44-35(2)40(69-53(66)46(62)45(37-25-18-15-19-26-37)58-51(64)38-27-20-16-21-28-38)33-57(67,54(44,4)5)50(71-52(65)39-29-22-17-23-30-39)48-55(6,49(47)63)41(60)32-42-56(48,34-68-42)72-36(3)59/h15-23,25-30,40-42,45-48,50,60,62,67H,7-14,24,31-34H2,1-6H3,(H,58,64)/t40-,41-,42+,45-,46+,47+,48?,50-,55+,56-,57+/m0/s1. The molecular weight excluding hydrogens is 923 g/mol. The first kappa shape index (κ1) is 54.0. The SMILES string of the molecule is CCCCCCCCCCCC(=O)O[C@H]1C(=O)[C@@]2(C)C([C@H](OC(=O)c3ccccc3)[C@]3(O)C[C@H](OC(=O)[C@H](O)[C@@H](NC(=O)c4ccccc4)c4ccccc4)C(C)=C1C3(C)C)[C@]1(OC(C)=O)CO[C@@H]1C[C@@H]2O. The third kappa shape index (κ3) is 10.5. The molecular formula is C57H71NO14. The molecule has 0 aromatic heterocycles. The van der Waals surface area contributed by atoms with E-state index in [4.69, 9.17) is 23.7 Å². The van der Waals surface area contributed by atoms with E-state index in [0.717, 1.165) is 38.5 Å². The Morgan fingerprint density at radius 3 is 1.93 bits per heavy atom. The number of rotatable bonds is 20. The first-order chi connectivity index (χ1) is 34.3. The highest BCUT2D eigenvalue weighted by Gasteiger charge is 2.78. The fraction of sp³-hybridized carbons (Fsp3) is 0.544. The van der Waals surface area contributed by atoms with Crippen molar-refractivity contribution in [3.8, 4) is 0 Å². The summed E-state index contributed by atoms with van der Waals surface area (Å²) in [6, 6.07) is 23.2. The molecule has 11 atom stereocenters. The molecule has 1 saturated heterocycles. The highest BCUT2D eigenvalue weighted by molar-refractivity contribution is 5.96. The molecule has 3 aliphatic carbocycles. The summed E-state index contributed by atoms with van der Waals surface area (Å²) in [7, 11) is 0. The highest BCUT2D eigenvalue weighted by Crippen LogP contribution is 2.64. The van der Waals surface area contributed by atoms with E-state index < -0.39 is 113 Å². The van der Waals surface area contributed by atoms with Gasteiger partial charge >= 0.3 is 23.9 Å². The molecule has 1 unspecified atom stereocenters. The van der Waals surface area contributed by atoms with Gasteiger partial charge in [-0.15, -0.1) is 0 Å². The van der Waals surface area contributed by atoms with Crippen molar-refractivity contribution >= 4 is 35.6 Å². The number of aliphatic hydroxyl groups is 3. The van der Waals surface area contributed by atoms with Crippen LogP contribution in [0.15, 0.2) is 102 Å². The number of amides is 1. The second-order valence-electron chi connectivity index (χ2n) is 20.8. The number of carbonyl (C=O) groups excluding carboxylic acids is 6. The predicted octanol–water partition coefficient (Wildman–Crippen LogP) is 7.64. The van der Waals surface area contributed by atoms with Crippen molar-refractivity contribution in [2.24, 2.45) is 16.7 Å². The van der Waals surface area contributed by atoms with Crippen molar-refractivity contribution in [3.05, 3.63) is 119 Å². The molecule has 72 heavy (non-hydrogen) atoms. The fourth-order valence-corrected chi connectivity index (χ4v) is 11.8. The van der Waals surface area contributed by atoms with E-state index in [-0.39, 0.29) is 41.7 Å². The van der Waals surface area contributed by atoms with E-state index in [0.29, 0.717) is 12.0 Å². The molecule has 2 bridgehead atoms. The van der Waals surface area contributed by atoms with Crippen LogP contribution in [0.4, 0.5) is 0 Å². The second-order valence-corrected chi connectivity index (χ2v) is 20.8. The van der Waals surface area contributed by atoms with Crippen molar-refractivity contribution in [1.82, 2.24) is 5.32 Å². The maximum Gasteiger partial charge on any atom is 0.338 e. The molecule has 3 aromatic carbocycles. The molecule has 0 radical (unpaired) electrons. The average molecular weight is 994 g/mol. The van der Waals surface area contributed by atoms with Crippen LogP contribution < -0.4 is 5.32 Å². The third-order valence-electron chi connectivity index (χ3n) is 15.9. The van der Waals surface area contributed by atoms with Gasteiger partial charge in [-0.3, -0.25) is 19.2 Å². The molecule has 3 aromatic rings. The minimum Gasteiger partial charge on any atom is -0.456 e. The summed E-state index contributed by atoms with van der Waals surface area (Å²) in [6.45, 7) is 9.27. The number of ketones is 1. The summed E-state index contributed by atoms with van der Waals surface area (Å²) < 4.78 is 31.2. The normalized spacial score (nSPS) is 29.1.